The van der Waals surface area contributed by atoms with Crippen molar-refractivity contribution in [2.45, 2.75) is 213 Å². The van der Waals surface area contributed by atoms with Gasteiger partial charge in [-0.3, -0.25) is 43.2 Å². The van der Waals surface area contributed by atoms with Crippen molar-refractivity contribution in [1.82, 2.24) is 53.2 Å². The molecule has 17 bridgehead atoms. The number of nitrogens with two attached hydrogens (primary N) is 1. The number of nitrogens with one attached hydrogen (secondary N) is 10. The van der Waals surface area contributed by atoms with Gasteiger partial charge in [-0.2, -0.15) is 0 Å². The molecule has 137 heavy (non-hydrogen) atoms. The van der Waals surface area contributed by atoms with Gasteiger partial charge in [0.15, 0.2) is 29.3 Å². The molecule has 0 spiro atoms. The van der Waals surface area contributed by atoms with Gasteiger partial charge in [0, 0.05) is 49.6 Å². The standard InChI is InChI=1S/C92H107Cl2N11O32/c1-37(2)10-7-5-6-8-11-64(114)100-72-78(119)75(116)62(35-107)134-91(72)137-82-59-29-44-30-60(82)131-56-19-15-42(27-51(56)94)81(136-90-71(98-38(3)109)77(118)74(115)61(34-106)133-90)73-89(128)104-70(85(124)97-21-9-20-96-4)49-32-46(111)33-58(132-92-80(121)79(120)76(117)63(36-108)135-92)65(49)48-26-41(14-16-53(48)112)67(86(125)105-73)102-88(127)69(44)103-87(126)68-43-24-45(110)31-47(25-43)129-57-28-40(13-17-54(57)113)66(95)84(123)99-52(83(122)101-68)23-39-12-18-55(130-59)50(93)22-39/h12-19,22,24-33,37,52,61-63,66-81,90-92,96,106-108,110-113,115-121H,5-11,20-21,23,34-36,95H2,1-4H3,(H,97,124)(H,98,109)(H,99,123)(H,100,114)(H,101,122)(H,102,127)(H,103,126)(H,104,128)(H,105,125)/t52-,61+,62+,63-,66-,67-,68+,69-,70+,71+,72+,73+,74-,75-,76-,77-,78-,79-,80+,81-,90+,91+,92+/m1/s1. The quantitative estimate of drug-likeness (QED) is 0.0391. The number of hydrogen-bond acceptors (Lipinski definition) is 34. The third kappa shape index (κ3) is 22.7. The number of carbonyl (C=O) groups excluding carboxylic acids is 9. The second kappa shape index (κ2) is 43.7. The van der Waals surface area contributed by atoms with Gasteiger partial charge in [0.1, 0.15) is 162 Å². The van der Waals surface area contributed by atoms with E-state index >= 15 is 28.8 Å². The maximum absolute atomic E-state index is 17.2. The summed E-state index contributed by atoms with van der Waals surface area (Å²) < 4.78 is 58.2. The topological polar surface area (TPSA) is 666 Å². The van der Waals surface area contributed by atoms with Gasteiger partial charge >= 0.3 is 0 Å². The molecule has 9 amide bonds. The fourth-order valence-corrected chi connectivity index (χ4v) is 17.5. The Kier molecular flexibility index (Phi) is 32.2. The lowest BCUT2D eigenvalue weighted by molar-refractivity contribution is -0.284. The number of halogens is 2. The highest BCUT2D eigenvalue weighted by molar-refractivity contribution is 6.32. The van der Waals surface area contributed by atoms with Gasteiger partial charge in [0.2, 0.25) is 71.5 Å². The van der Waals surface area contributed by atoms with Crippen LogP contribution in [0.2, 0.25) is 10.0 Å². The Balaban J connectivity index is 1.05. The minimum atomic E-state index is -2.52. The number of fused-ring (bicyclic) bond motifs is 14. The zero-order valence-corrected chi connectivity index (χ0v) is 75.5. The molecular formula is C92H107Cl2N11O32. The van der Waals surface area contributed by atoms with Gasteiger partial charge < -0.3 is 173 Å². The number of benzene rings is 7. The van der Waals surface area contributed by atoms with Gasteiger partial charge in [-0.05, 0) is 150 Å². The van der Waals surface area contributed by atoms with Gasteiger partial charge in [-0.15, -0.1) is 0 Å². The highest BCUT2D eigenvalue weighted by Gasteiger charge is 2.52. The number of aromatic hydroxyl groups is 4. The first-order valence-corrected chi connectivity index (χ1v) is 44.9. The highest BCUT2D eigenvalue weighted by Crippen LogP contribution is 2.51. The van der Waals surface area contributed by atoms with E-state index in [0.29, 0.717) is 18.8 Å². The van der Waals surface area contributed by atoms with E-state index in [1.54, 1.807) is 7.05 Å². The summed E-state index contributed by atoms with van der Waals surface area (Å²) in [6.45, 7) is 2.14. The largest absolute Gasteiger partial charge is 0.508 e. The van der Waals surface area contributed by atoms with Crippen LogP contribution in [-0.4, -0.2) is 269 Å². The number of unbranched alkanes of at least 4 members (excludes halogenated alkanes) is 3. The van der Waals surface area contributed by atoms with Crippen LogP contribution in [-0.2, 0) is 68.5 Å². The summed E-state index contributed by atoms with van der Waals surface area (Å²) in [6.07, 6.45) is -25.4. The average molecular weight is 1950 g/mol. The van der Waals surface area contributed by atoms with E-state index in [1.165, 1.54) is 30.3 Å². The smallest absolute Gasteiger partial charge is 0.248 e. The van der Waals surface area contributed by atoms with Crippen LogP contribution in [0.1, 0.15) is 141 Å². The van der Waals surface area contributed by atoms with Crippen LogP contribution in [0.5, 0.6) is 69.0 Å². The number of aliphatic hydroxyl groups excluding tert-OH is 10. The highest BCUT2D eigenvalue weighted by atomic mass is 35.5. The Morgan fingerprint density at radius 3 is 1.72 bits per heavy atom. The third-order valence-electron chi connectivity index (χ3n) is 24.3. The number of rotatable bonds is 23. The minimum Gasteiger partial charge on any atom is -0.508 e. The molecule has 736 valence electrons. The lowest BCUT2D eigenvalue weighted by Gasteiger charge is -2.44. The van der Waals surface area contributed by atoms with Crippen LogP contribution >= 0.6 is 23.2 Å². The molecule has 9 heterocycles. The predicted molar refractivity (Wildman–Crippen MR) is 477 cm³/mol. The summed E-state index contributed by atoms with van der Waals surface area (Å²) in [7, 11) is 1.61. The number of ether oxygens (including phenoxy) is 9. The van der Waals surface area contributed by atoms with Crippen LogP contribution < -0.4 is 82.6 Å². The fourth-order valence-electron chi connectivity index (χ4n) is 17.1. The van der Waals surface area contributed by atoms with E-state index in [2.05, 4.69) is 67.0 Å². The molecule has 0 aliphatic carbocycles. The second-order valence-electron chi connectivity index (χ2n) is 34.6. The molecule has 45 heteroatoms. The maximum Gasteiger partial charge on any atom is 0.248 e. The van der Waals surface area contributed by atoms with E-state index < -0.39 is 304 Å². The maximum atomic E-state index is 17.2. The Labute approximate surface area is 791 Å². The Bertz CT molecular complexity index is 5670. The van der Waals surface area contributed by atoms with Crippen molar-refractivity contribution in [3.05, 3.63) is 164 Å². The van der Waals surface area contributed by atoms with Crippen LogP contribution in [0.4, 0.5) is 0 Å². The second-order valence-corrected chi connectivity index (χ2v) is 35.4. The predicted octanol–water partition coefficient (Wildman–Crippen LogP) is 0.661. The van der Waals surface area contributed by atoms with Crippen molar-refractivity contribution < 1.29 is 157 Å². The summed E-state index contributed by atoms with van der Waals surface area (Å²) in [5.41, 5.74) is 3.41. The molecule has 9 aliphatic rings. The van der Waals surface area contributed by atoms with Gasteiger partial charge in [0.05, 0.1) is 29.9 Å². The van der Waals surface area contributed by atoms with Crippen molar-refractivity contribution in [1.29, 1.82) is 0 Å². The number of carbonyl (C=O) groups is 9. The van der Waals surface area contributed by atoms with Crippen molar-refractivity contribution in [2.24, 2.45) is 11.7 Å². The summed E-state index contributed by atoms with van der Waals surface area (Å²) in [5, 5.41) is 187. The normalized spacial score (nSPS) is 28.3. The average Bonchev–Trinajstić information content (AvgIpc) is 0.747. The molecule has 0 saturated carbocycles. The first kappa shape index (κ1) is 101. The number of amides is 9. The fraction of sp³-hybridized carbons (Fsp3) is 0.446. The number of aliphatic hydroxyl groups is 10. The molecule has 7 aromatic carbocycles. The Morgan fingerprint density at radius 1 is 0.504 bits per heavy atom. The molecule has 23 atom stereocenters. The molecule has 0 radical (unpaired) electrons. The molecule has 0 unspecified atom stereocenters. The molecular weight excluding hydrogens is 1840 g/mol. The molecule has 26 N–H and O–H groups in total. The molecule has 9 aliphatic heterocycles. The Morgan fingerprint density at radius 2 is 1.07 bits per heavy atom. The van der Waals surface area contributed by atoms with Gasteiger partial charge in [-0.25, -0.2) is 0 Å². The molecule has 3 fully saturated rings. The van der Waals surface area contributed by atoms with E-state index in [4.69, 9.17) is 71.6 Å². The van der Waals surface area contributed by atoms with Crippen LogP contribution in [0.3, 0.4) is 0 Å². The lowest BCUT2D eigenvalue weighted by atomic mass is 9.89. The van der Waals surface area contributed by atoms with E-state index in [9.17, 15) is 85.9 Å². The van der Waals surface area contributed by atoms with Crippen molar-refractivity contribution >= 4 is 76.4 Å². The zero-order valence-electron chi connectivity index (χ0n) is 74.0. The first-order valence-electron chi connectivity index (χ1n) is 44.2. The van der Waals surface area contributed by atoms with Crippen LogP contribution in [0.25, 0.3) is 11.1 Å². The van der Waals surface area contributed by atoms with Crippen LogP contribution in [0.15, 0.2) is 115 Å². The zero-order chi connectivity index (χ0) is 98.4. The third-order valence-corrected chi connectivity index (χ3v) is 24.9. The summed E-state index contributed by atoms with van der Waals surface area (Å²) in [5.74, 6) is -17.6. The van der Waals surface area contributed by atoms with Crippen molar-refractivity contribution in [2.75, 3.05) is 40.0 Å². The molecule has 0 aromatic heterocycles. The number of phenolic OH excluding ortho intramolecular Hbond substituents is 4. The summed E-state index contributed by atoms with van der Waals surface area (Å²) >= 11 is 14.9. The number of hydrogen-bond donors (Lipinski definition) is 25. The molecule has 16 rings (SSSR count). The summed E-state index contributed by atoms with van der Waals surface area (Å²) in [4.78, 5) is 141. The van der Waals surface area contributed by atoms with Crippen LogP contribution in [0, 0.1) is 5.92 Å². The van der Waals surface area contributed by atoms with Crippen molar-refractivity contribution in [3.8, 4) is 80.1 Å². The van der Waals surface area contributed by atoms with E-state index in [0.717, 1.165) is 111 Å². The summed E-state index contributed by atoms with van der Waals surface area (Å²) in [6, 6.07) is 1.91. The van der Waals surface area contributed by atoms with E-state index in [-0.39, 0.29) is 70.5 Å². The molecule has 3 saturated heterocycles. The minimum absolute atomic E-state index is 0.0331. The monoisotopic (exact) mass is 1950 g/mol. The first-order chi connectivity index (χ1) is 65.4. The van der Waals surface area contributed by atoms with Gasteiger partial charge in [-0.1, -0.05) is 87.0 Å². The lowest BCUT2D eigenvalue weighted by Crippen LogP contribution is -2.65. The Hall–Kier alpha value is -12.1. The molecule has 7 aromatic rings. The van der Waals surface area contributed by atoms with Gasteiger partial charge in [0.25, 0.3) is 0 Å². The molecule has 43 nitrogen and oxygen atoms in total. The SMILES string of the molecule is CNCCCNC(=O)[C@H]1NC(=O)[C@H]2NC(=O)[C@H](NC(=O)[C@@H]3NC(=O)[C@H]4NC(=O)[C@@H](Cc5ccc(c(Cl)c5)Oc5cc3cc(c5O[C@@H]3O[C@@H](CO)[C@@H](O)[C@H](O)[C@@H]3NC(=O)CCCCCCC(C)C)Oc3ccc(cc3Cl)[C@H]2O[C@@H]2O[C@@H](CO)[C@@H](O)[C@H](O)[C@@H]2NC(C)=O)NC(=O)[C@H](N)c2ccc(O)c(c2)Oc2cc(O)cc4c2)c2ccc(O)c(c2)-c2c(O[C@H]3O[C@H](CO)[C@@H](O)[C@@H](O)[C@@H]3O)cc(O)cc21. The van der Waals surface area contributed by atoms with Crippen molar-refractivity contribution in [3.63, 3.8) is 0 Å². The van der Waals surface area contributed by atoms with E-state index in [1.807, 2.05) is 0 Å². The number of phenols is 4.